The molecule has 0 aromatic heterocycles. The zero-order valence-electron chi connectivity index (χ0n) is 10.0. The molecule has 0 bridgehead atoms. The number of hydrogen-bond acceptors (Lipinski definition) is 2. The Kier molecular flexibility index (Phi) is 3.62. The van der Waals surface area contributed by atoms with Crippen molar-refractivity contribution in [3.8, 4) is 0 Å². The highest BCUT2D eigenvalue weighted by Crippen LogP contribution is 2.40. The van der Waals surface area contributed by atoms with E-state index in [9.17, 15) is 8.78 Å². The predicted molar refractivity (Wildman–Crippen MR) is 65.1 cm³/mol. The van der Waals surface area contributed by atoms with Crippen molar-refractivity contribution in [1.29, 1.82) is 0 Å². The highest BCUT2D eigenvalue weighted by molar-refractivity contribution is 5.45. The minimum absolute atomic E-state index is 0.232. The van der Waals surface area contributed by atoms with Gasteiger partial charge in [-0.3, -0.25) is 0 Å². The van der Waals surface area contributed by atoms with E-state index in [1.165, 1.54) is 18.6 Å². The third-order valence-corrected chi connectivity index (χ3v) is 3.55. The van der Waals surface area contributed by atoms with Gasteiger partial charge in [-0.05, 0) is 32.0 Å². The average Bonchev–Trinajstić information content (AvgIpc) is 2.24. The Morgan fingerprint density at radius 2 is 2.00 bits per heavy atom. The van der Waals surface area contributed by atoms with Gasteiger partial charge in [0, 0.05) is 24.6 Å². The van der Waals surface area contributed by atoms with Crippen LogP contribution in [0.3, 0.4) is 0 Å². The first-order valence-electron chi connectivity index (χ1n) is 5.99. The van der Waals surface area contributed by atoms with Gasteiger partial charge >= 0.3 is 0 Å². The molecule has 0 unspecified atom stereocenters. The Bertz CT molecular complexity index is 389. The molecule has 17 heavy (non-hydrogen) atoms. The summed E-state index contributed by atoms with van der Waals surface area (Å²) in [5.41, 5.74) is 0.615. The maximum atomic E-state index is 13.4. The molecule has 0 saturated heterocycles. The van der Waals surface area contributed by atoms with Gasteiger partial charge in [-0.2, -0.15) is 0 Å². The van der Waals surface area contributed by atoms with E-state index in [0.29, 0.717) is 5.69 Å². The molecule has 1 aliphatic carbocycles. The first-order valence-corrected chi connectivity index (χ1v) is 5.99. The Balaban J connectivity index is 1.97. The van der Waals surface area contributed by atoms with Gasteiger partial charge in [-0.25, -0.2) is 8.78 Å². The third kappa shape index (κ3) is 2.75. The summed E-state index contributed by atoms with van der Waals surface area (Å²) < 4.78 is 26.2. The van der Waals surface area contributed by atoms with Crippen molar-refractivity contribution >= 4 is 5.69 Å². The summed E-state index contributed by atoms with van der Waals surface area (Å²) >= 11 is 0. The van der Waals surface area contributed by atoms with Crippen LogP contribution in [-0.2, 0) is 0 Å². The van der Waals surface area contributed by atoms with Gasteiger partial charge in [0.1, 0.15) is 11.6 Å². The SMILES string of the molecule is CNCC1(CNc2ccc(F)cc2F)CCC1. The topological polar surface area (TPSA) is 24.1 Å². The molecular weight excluding hydrogens is 222 g/mol. The molecule has 0 heterocycles. The lowest BCUT2D eigenvalue weighted by atomic mass is 9.68. The van der Waals surface area contributed by atoms with Crippen molar-refractivity contribution < 1.29 is 8.78 Å². The largest absolute Gasteiger partial charge is 0.382 e. The van der Waals surface area contributed by atoms with Crippen LogP contribution in [0.2, 0.25) is 0 Å². The Hall–Kier alpha value is -1.16. The fraction of sp³-hybridized carbons (Fsp3) is 0.538. The molecule has 0 radical (unpaired) electrons. The van der Waals surface area contributed by atoms with E-state index in [1.807, 2.05) is 7.05 Å². The van der Waals surface area contributed by atoms with Crippen LogP contribution < -0.4 is 10.6 Å². The lowest BCUT2D eigenvalue weighted by Crippen LogP contribution is -2.44. The fourth-order valence-electron chi connectivity index (χ4n) is 2.38. The van der Waals surface area contributed by atoms with Crippen LogP contribution >= 0.6 is 0 Å². The number of anilines is 1. The lowest BCUT2D eigenvalue weighted by molar-refractivity contribution is 0.151. The predicted octanol–water partition coefficient (Wildman–Crippen LogP) is 2.77. The number of halogens is 2. The van der Waals surface area contributed by atoms with E-state index in [0.717, 1.165) is 32.0 Å². The van der Waals surface area contributed by atoms with Crippen molar-refractivity contribution in [3.63, 3.8) is 0 Å². The van der Waals surface area contributed by atoms with E-state index in [4.69, 9.17) is 0 Å². The fourth-order valence-corrected chi connectivity index (χ4v) is 2.38. The minimum atomic E-state index is -0.540. The maximum Gasteiger partial charge on any atom is 0.149 e. The van der Waals surface area contributed by atoms with Gasteiger partial charge in [-0.15, -0.1) is 0 Å². The summed E-state index contributed by atoms with van der Waals surface area (Å²) in [6, 6.07) is 3.64. The third-order valence-electron chi connectivity index (χ3n) is 3.55. The van der Waals surface area contributed by atoms with Crippen molar-refractivity contribution in [2.75, 3.05) is 25.5 Å². The zero-order chi connectivity index (χ0) is 12.3. The van der Waals surface area contributed by atoms with E-state index < -0.39 is 11.6 Å². The molecule has 2 rings (SSSR count). The monoisotopic (exact) mass is 240 g/mol. The van der Waals surface area contributed by atoms with Crippen LogP contribution in [0.15, 0.2) is 18.2 Å². The number of nitrogens with one attached hydrogen (secondary N) is 2. The molecule has 1 fully saturated rings. The van der Waals surface area contributed by atoms with Gasteiger partial charge in [0.15, 0.2) is 0 Å². The summed E-state index contributed by atoms with van der Waals surface area (Å²) in [6.07, 6.45) is 3.54. The molecule has 2 N–H and O–H groups in total. The summed E-state index contributed by atoms with van der Waals surface area (Å²) in [4.78, 5) is 0. The molecular formula is C13H18F2N2. The number of rotatable bonds is 5. The average molecular weight is 240 g/mol. The second-order valence-corrected chi connectivity index (χ2v) is 4.86. The smallest absolute Gasteiger partial charge is 0.149 e. The molecule has 4 heteroatoms. The lowest BCUT2D eigenvalue weighted by Gasteiger charge is -2.42. The van der Waals surface area contributed by atoms with Crippen LogP contribution in [0.1, 0.15) is 19.3 Å². The highest BCUT2D eigenvalue weighted by atomic mass is 19.1. The molecule has 94 valence electrons. The second-order valence-electron chi connectivity index (χ2n) is 4.86. The van der Waals surface area contributed by atoms with Crippen LogP contribution in [-0.4, -0.2) is 20.1 Å². The number of hydrogen-bond donors (Lipinski definition) is 2. The molecule has 1 aromatic carbocycles. The standard InChI is InChI=1S/C13H18F2N2/c1-16-8-13(5-2-6-13)9-17-12-4-3-10(14)7-11(12)15/h3-4,7,16-17H,2,5-6,8-9H2,1H3. The van der Waals surface area contributed by atoms with E-state index in [-0.39, 0.29) is 5.41 Å². The van der Waals surface area contributed by atoms with Gasteiger partial charge in [-0.1, -0.05) is 6.42 Å². The minimum Gasteiger partial charge on any atom is -0.382 e. The Morgan fingerprint density at radius 1 is 1.24 bits per heavy atom. The molecule has 0 atom stereocenters. The molecule has 2 nitrogen and oxygen atoms in total. The Morgan fingerprint density at radius 3 is 2.53 bits per heavy atom. The molecule has 1 aliphatic rings. The van der Waals surface area contributed by atoms with Gasteiger partial charge in [0.05, 0.1) is 5.69 Å². The van der Waals surface area contributed by atoms with Gasteiger partial charge in [0.25, 0.3) is 0 Å². The Labute approximate surface area is 100 Å². The number of benzene rings is 1. The highest BCUT2D eigenvalue weighted by Gasteiger charge is 2.36. The summed E-state index contributed by atoms with van der Waals surface area (Å²) in [6.45, 7) is 1.67. The molecule has 0 spiro atoms. The van der Waals surface area contributed by atoms with Crippen molar-refractivity contribution in [2.45, 2.75) is 19.3 Å². The summed E-state index contributed by atoms with van der Waals surface area (Å²) in [7, 11) is 1.93. The summed E-state index contributed by atoms with van der Waals surface area (Å²) in [5, 5.41) is 6.26. The van der Waals surface area contributed by atoms with Crippen molar-refractivity contribution in [1.82, 2.24) is 5.32 Å². The van der Waals surface area contributed by atoms with Gasteiger partial charge in [0.2, 0.25) is 0 Å². The molecule has 0 aliphatic heterocycles. The molecule has 1 aromatic rings. The first kappa shape index (κ1) is 12.3. The van der Waals surface area contributed by atoms with E-state index in [2.05, 4.69) is 10.6 Å². The van der Waals surface area contributed by atoms with Crippen molar-refractivity contribution in [3.05, 3.63) is 29.8 Å². The van der Waals surface area contributed by atoms with E-state index >= 15 is 0 Å². The quantitative estimate of drug-likeness (QED) is 0.827. The maximum absolute atomic E-state index is 13.4. The summed E-state index contributed by atoms with van der Waals surface area (Å²) in [5.74, 6) is -1.06. The van der Waals surface area contributed by atoms with Crippen molar-refractivity contribution in [2.24, 2.45) is 5.41 Å². The van der Waals surface area contributed by atoms with E-state index in [1.54, 1.807) is 0 Å². The van der Waals surface area contributed by atoms with Crippen LogP contribution in [0.25, 0.3) is 0 Å². The van der Waals surface area contributed by atoms with Crippen LogP contribution in [0, 0.1) is 17.0 Å². The van der Waals surface area contributed by atoms with Crippen LogP contribution in [0.5, 0.6) is 0 Å². The first-order chi connectivity index (χ1) is 8.15. The molecule has 1 saturated carbocycles. The normalized spacial score (nSPS) is 17.6. The molecule has 0 amide bonds. The van der Waals surface area contributed by atoms with Gasteiger partial charge < -0.3 is 10.6 Å². The second kappa shape index (κ2) is 5.00. The zero-order valence-corrected chi connectivity index (χ0v) is 10.0. The van der Waals surface area contributed by atoms with Crippen LogP contribution in [0.4, 0.5) is 14.5 Å².